The van der Waals surface area contributed by atoms with Crippen molar-refractivity contribution in [1.29, 1.82) is 0 Å². The number of H-pyrrole nitrogens is 1. The molecular weight excluding hydrogens is 442 g/mol. The molecule has 0 unspecified atom stereocenters. The van der Waals surface area contributed by atoms with Crippen molar-refractivity contribution in [3.63, 3.8) is 0 Å². The van der Waals surface area contributed by atoms with Crippen LogP contribution in [-0.4, -0.2) is 35.7 Å². The second kappa shape index (κ2) is 11.4. The summed E-state index contributed by atoms with van der Waals surface area (Å²) in [5.41, 5.74) is 4.35. The van der Waals surface area contributed by atoms with Gasteiger partial charge < -0.3 is 24.5 Å². The first-order valence-electron chi connectivity index (χ1n) is 12.0. The average Bonchev–Trinajstić information content (AvgIpc) is 3.29. The SMILES string of the molecule is CCOc1cc(C(=O)Nc2ccc(CCc3nc4ccccc4[nH]3)cc2)cc(OCC)c1OCC. The van der Waals surface area contributed by atoms with Crippen LogP contribution in [0.15, 0.2) is 60.7 Å². The summed E-state index contributed by atoms with van der Waals surface area (Å²) in [5.74, 6) is 2.22. The molecule has 0 aliphatic heterocycles. The van der Waals surface area contributed by atoms with Gasteiger partial charge in [-0.25, -0.2) is 4.98 Å². The van der Waals surface area contributed by atoms with Gasteiger partial charge in [0.15, 0.2) is 11.5 Å². The van der Waals surface area contributed by atoms with Crippen LogP contribution in [-0.2, 0) is 12.8 Å². The average molecular weight is 474 g/mol. The number of carbonyl (C=O) groups is 1. The quantitative estimate of drug-likeness (QED) is 0.288. The van der Waals surface area contributed by atoms with Crippen LogP contribution in [0.4, 0.5) is 5.69 Å². The van der Waals surface area contributed by atoms with E-state index in [1.165, 1.54) is 5.56 Å². The summed E-state index contributed by atoms with van der Waals surface area (Å²) < 4.78 is 17.2. The molecule has 182 valence electrons. The summed E-state index contributed by atoms with van der Waals surface area (Å²) in [7, 11) is 0. The molecule has 1 amide bonds. The van der Waals surface area contributed by atoms with Crippen molar-refractivity contribution in [3.05, 3.63) is 77.6 Å². The molecule has 0 aliphatic rings. The number of para-hydroxylation sites is 2. The Balaban J connectivity index is 1.43. The summed E-state index contributed by atoms with van der Waals surface area (Å²) in [4.78, 5) is 21.0. The Kier molecular flexibility index (Phi) is 7.88. The Bertz CT molecular complexity index is 1220. The number of aromatic amines is 1. The van der Waals surface area contributed by atoms with E-state index in [2.05, 4.69) is 15.3 Å². The number of amides is 1. The topological polar surface area (TPSA) is 85.5 Å². The molecule has 4 aromatic rings. The molecule has 0 aliphatic carbocycles. The van der Waals surface area contributed by atoms with Crippen molar-refractivity contribution in [2.45, 2.75) is 33.6 Å². The second-order valence-corrected chi connectivity index (χ2v) is 7.95. The predicted octanol–water partition coefficient (Wildman–Crippen LogP) is 5.80. The number of imidazole rings is 1. The third-order valence-corrected chi connectivity index (χ3v) is 5.47. The molecule has 35 heavy (non-hydrogen) atoms. The van der Waals surface area contributed by atoms with Crippen molar-refractivity contribution < 1.29 is 19.0 Å². The summed E-state index contributed by atoms with van der Waals surface area (Å²) in [6.07, 6.45) is 1.66. The predicted molar refractivity (Wildman–Crippen MR) is 138 cm³/mol. The number of hydrogen-bond donors (Lipinski definition) is 2. The number of fused-ring (bicyclic) bond motifs is 1. The van der Waals surface area contributed by atoms with Gasteiger partial charge in [0.1, 0.15) is 5.82 Å². The van der Waals surface area contributed by atoms with E-state index in [1.807, 2.05) is 69.3 Å². The first-order chi connectivity index (χ1) is 17.1. The van der Waals surface area contributed by atoms with Gasteiger partial charge >= 0.3 is 0 Å². The van der Waals surface area contributed by atoms with Gasteiger partial charge in [-0.3, -0.25) is 4.79 Å². The van der Waals surface area contributed by atoms with Crippen molar-refractivity contribution >= 4 is 22.6 Å². The summed E-state index contributed by atoms with van der Waals surface area (Å²) in [6, 6.07) is 19.3. The van der Waals surface area contributed by atoms with Crippen LogP contribution in [0, 0.1) is 0 Å². The van der Waals surface area contributed by atoms with Crippen LogP contribution < -0.4 is 19.5 Å². The highest BCUT2D eigenvalue weighted by Crippen LogP contribution is 2.39. The Hall–Kier alpha value is -4.00. The Morgan fingerprint density at radius 3 is 2.14 bits per heavy atom. The summed E-state index contributed by atoms with van der Waals surface area (Å²) >= 11 is 0. The number of carbonyl (C=O) groups excluding carboxylic acids is 1. The van der Waals surface area contributed by atoms with Crippen LogP contribution in [0.1, 0.15) is 42.5 Å². The van der Waals surface area contributed by atoms with Gasteiger partial charge in [0.05, 0.1) is 30.9 Å². The molecule has 0 fully saturated rings. The number of nitrogens with one attached hydrogen (secondary N) is 2. The van der Waals surface area contributed by atoms with Crippen LogP contribution in [0.3, 0.4) is 0 Å². The standard InChI is InChI=1S/C28H31N3O4/c1-4-33-24-17-20(18-25(34-5-2)27(24)35-6-3)28(32)29-21-14-11-19(12-15-21)13-16-26-30-22-9-7-8-10-23(22)31-26/h7-12,14-15,17-18H,4-6,13,16H2,1-3H3,(H,29,32)(H,30,31). The van der Waals surface area contributed by atoms with Crippen LogP contribution in [0.25, 0.3) is 11.0 Å². The Labute approximate surface area is 205 Å². The van der Waals surface area contributed by atoms with Gasteiger partial charge in [0.2, 0.25) is 5.75 Å². The fourth-order valence-electron chi connectivity index (χ4n) is 3.86. The molecule has 7 nitrogen and oxygen atoms in total. The molecule has 2 N–H and O–H groups in total. The summed E-state index contributed by atoms with van der Waals surface area (Å²) in [6.45, 7) is 7.04. The fraction of sp³-hybridized carbons (Fsp3) is 0.286. The highest BCUT2D eigenvalue weighted by Gasteiger charge is 2.18. The van der Waals surface area contributed by atoms with Crippen molar-refractivity contribution in [1.82, 2.24) is 9.97 Å². The van der Waals surface area contributed by atoms with E-state index in [9.17, 15) is 4.79 Å². The van der Waals surface area contributed by atoms with E-state index in [0.717, 1.165) is 29.7 Å². The van der Waals surface area contributed by atoms with Gasteiger partial charge in [-0.05, 0) is 69.2 Å². The maximum atomic E-state index is 13.0. The third-order valence-electron chi connectivity index (χ3n) is 5.47. The van der Waals surface area contributed by atoms with E-state index >= 15 is 0 Å². The van der Waals surface area contributed by atoms with Crippen LogP contribution in [0.2, 0.25) is 0 Å². The molecule has 0 spiro atoms. The van der Waals surface area contributed by atoms with Gasteiger partial charge in [-0.15, -0.1) is 0 Å². The molecule has 4 rings (SSSR count). The fourth-order valence-corrected chi connectivity index (χ4v) is 3.86. The number of rotatable bonds is 11. The smallest absolute Gasteiger partial charge is 0.255 e. The monoisotopic (exact) mass is 473 g/mol. The van der Waals surface area contributed by atoms with Gasteiger partial charge in [0.25, 0.3) is 5.91 Å². The second-order valence-electron chi connectivity index (χ2n) is 7.95. The Morgan fingerprint density at radius 1 is 0.857 bits per heavy atom. The van der Waals surface area contributed by atoms with Gasteiger partial charge in [-0.2, -0.15) is 0 Å². The zero-order valence-electron chi connectivity index (χ0n) is 20.4. The van der Waals surface area contributed by atoms with Gasteiger partial charge in [0, 0.05) is 17.7 Å². The van der Waals surface area contributed by atoms with E-state index in [0.29, 0.717) is 48.3 Å². The number of benzene rings is 3. The van der Waals surface area contributed by atoms with Crippen molar-refractivity contribution in [2.75, 3.05) is 25.1 Å². The van der Waals surface area contributed by atoms with E-state index < -0.39 is 0 Å². The lowest BCUT2D eigenvalue weighted by Gasteiger charge is -2.17. The molecule has 3 aromatic carbocycles. The molecule has 0 bridgehead atoms. The van der Waals surface area contributed by atoms with Crippen LogP contribution in [0.5, 0.6) is 17.2 Å². The maximum absolute atomic E-state index is 13.0. The van der Waals surface area contributed by atoms with Gasteiger partial charge in [-0.1, -0.05) is 24.3 Å². The molecule has 1 aromatic heterocycles. The number of ether oxygens (including phenoxy) is 3. The first kappa shape index (κ1) is 24.1. The molecule has 0 saturated carbocycles. The third kappa shape index (κ3) is 5.93. The number of anilines is 1. The highest BCUT2D eigenvalue weighted by atomic mass is 16.5. The normalized spacial score (nSPS) is 10.8. The molecular formula is C28H31N3O4. The highest BCUT2D eigenvalue weighted by molar-refractivity contribution is 6.05. The molecule has 0 saturated heterocycles. The number of aromatic nitrogens is 2. The zero-order valence-corrected chi connectivity index (χ0v) is 20.4. The van der Waals surface area contributed by atoms with Crippen LogP contribution >= 0.6 is 0 Å². The first-order valence-corrected chi connectivity index (χ1v) is 12.0. The molecule has 0 atom stereocenters. The molecule has 0 radical (unpaired) electrons. The summed E-state index contributed by atoms with van der Waals surface area (Å²) in [5, 5.41) is 2.96. The van der Waals surface area contributed by atoms with E-state index in [4.69, 9.17) is 14.2 Å². The lowest BCUT2D eigenvalue weighted by atomic mass is 10.1. The van der Waals surface area contributed by atoms with E-state index in [-0.39, 0.29) is 5.91 Å². The minimum absolute atomic E-state index is 0.245. The largest absolute Gasteiger partial charge is 0.490 e. The lowest BCUT2D eigenvalue weighted by molar-refractivity contribution is 0.102. The molecule has 7 heteroatoms. The van der Waals surface area contributed by atoms with Crippen molar-refractivity contribution in [3.8, 4) is 17.2 Å². The number of hydrogen-bond acceptors (Lipinski definition) is 5. The lowest BCUT2D eigenvalue weighted by Crippen LogP contribution is -2.13. The number of nitrogens with zero attached hydrogens (tertiary/aromatic N) is 1. The number of aryl methyl sites for hydroxylation is 2. The minimum atomic E-state index is -0.245. The zero-order chi connectivity index (χ0) is 24.6. The van der Waals surface area contributed by atoms with E-state index in [1.54, 1.807) is 12.1 Å². The Morgan fingerprint density at radius 2 is 1.51 bits per heavy atom. The minimum Gasteiger partial charge on any atom is -0.490 e. The maximum Gasteiger partial charge on any atom is 0.255 e. The van der Waals surface area contributed by atoms with Crippen molar-refractivity contribution in [2.24, 2.45) is 0 Å². The molecule has 1 heterocycles.